The van der Waals surface area contributed by atoms with Gasteiger partial charge < -0.3 is 15.0 Å². The first-order chi connectivity index (χ1) is 12.1. The monoisotopic (exact) mass is 347 g/mol. The van der Waals surface area contributed by atoms with Crippen LogP contribution in [0.5, 0.6) is 0 Å². The van der Waals surface area contributed by atoms with Crippen LogP contribution in [0, 0.1) is 18.8 Å². The molecule has 2 atom stereocenters. The van der Waals surface area contributed by atoms with E-state index in [0.717, 1.165) is 31.5 Å². The zero-order valence-corrected chi connectivity index (χ0v) is 14.5. The molecule has 8 nitrogen and oxygen atoms in total. The molecule has 3 aliphatic rings. The van der Waals surface area contributed by atoms with Crippen molar-refractivity contribution in [3.05, 3.63) is 11.6 Å². The van der Waals surface area contributed by atoms with Gasteiger partial charge in [-0.25, -0.2) is 4.98 Å². The zero-order valence-electron chi connectivity index (χ0n) is 14.5. The number of carbonyl (C=O) groups is 2. The summed E-state index contributed by atoms with van der Waals surface area (Å²) in [6, 6.07) is -0.195. The van der Waals surface area contributed by atoms with Crippen molar-refractivity contribution in [2.75, 3.05) is 19.8 Å². The number of nitrogens with one attached hydrogen (secondary N) is 2. The number of hydrogen-bond donors (Lipinski definition) is 2. The molecule has 0 aromatic carbocycles. The second-order valence-corrected chi connectivity index (χ2v) is 7.39. The molecule has 25 heavy (non-hydrogen) atoms. The molecular weight excluding hydrogens is 322 g/mol. The molecule has 2 N–H and O–H groups in total. The van der Waals surface area contributed by atoms with Gasteiger partial charge >= 0.3 is 0 Å². The standard InChI is InChI=1S/C17H25N5O3/c1-10-18-15(21-20-10)14-8-13(9-22(14)17(24)12-2-3-12)19-16(23)11-4-6-25-7-5-11/h11-14H,2-9H2,1H3,(H,19,23)(H,18,20,21)/t13-,14-/m0/s1. The van der Waals surface area contributed by atoms with Gasteiger partial charge in [-0.2, -0.15) is 5.10 Å². The molecule has 1 saturated carbocycles. The van der Waals surface area contributed by atoms with Crippen molar-refractivity contribution >= 4 is 11.8 Å². The number of aromatic nitrogens is 3. The first kappa shape index (κ1) is 16.5. The Kier molecular flexibility index (Phi) is 4.45. The van der Waals surface area contributed by atoms with Gasteiger partial charge in [-0.15, -0.1) is 0 Å². The van der Waals surface area contributed by atoms with Crippen LogP contribution in [0.3, 0.4) is 0 Å². The summed E-state index contributed by atoms with van der Waals surface area (Å²) >= 11 is 0. The van der Waals surface area contributed by atoms with E-state index >= 15 is 0 Å². The van der Waals surface area contributed by atoms with Crippen molar-refractivity contribution in [1.29, 1.82) is 0 Å². The number of carbonyl (C=O) groups excluding carboxylic acids is 2. The molecule has 4 rings (SSSR count). The van der Waals surface area contributed by atoms with Crippen LogP contribution in [0.4, 0.5) is 0 Å². The van der Waals surface area contributed by atoms with E-state index < -0.39 is 0 Å². The van der Waals surface area contributed by atoms with Crippen LogP contribution in [-0.4, -0.2) is 57.7 Å². The predicted molar refractivity (Wildman–Crippen MR) is 88.4 cm³/mol. The third-order valence-electron chi connectivity index (χ3n) is 5.36. The van der Waals surface area contributed by atoms with Crippen molar-refractivity contribution in [2.45, 2.75) is 51.1 Å². The van der Waals surface area contributed by atoms with E-state index in [1.807, 2.05) is 11.8 Å². The van der Waals surface area contributed by atoms with Gasteiger partial charge in [0.15, 0.2) is 5.82 Å². The van der Waals surface area contributed by atoms with E-state index in [-0.39, 0.29) is 35.7 Å². The summed E-state index contributed by atoms with van der Waals surface area (Å²) in [5.74, 6) is 1.81. The molecule has 2 amide bonds. The summed E-state index contributed by atoms with van der Waals surface area (Å²) in [6.45, 7) is 3.69. The molecule has 0 radical (unpaired) electrons. The van der Waals surface area contributed by atoms with Gasteiger partial charge in [0.2, 0.25) is 11.8 Å². The number of likely N-dealkylation sites (tertiary alicyclic amines) is 1. The summed E-state index contributed by atoms with van der Waals surface area (Å²) in [4.78, 5) is 31.5. The third-order valence-corrected chi connectivity index (χ3v) is 5.36. The number of amides is 2. The van der Waals surface area contributed by atoms with E-state index in [4.69, 9.17) is 4.74 Å². The normalized spacial score (nSPS) is 27.5. The average molecular weight is 347 g/mol. The second-order valence-electron chi connectivity index (χ2n) is 7.39. The molecule has 8 heteroatoms. The van der Waals surface area contributed by atoms with E-state index in [1.54, 1.807) is 0 Å². The lowest BCUT2D eigenvalue weighted by Gasteiger charge is -2.24. The van der Waals surface area contributed by atoms with Crippen LogP contribution in [0.25, 0.3) is 0 Å². The molecule has 2 aliphatic heterocycles. The maximum atomic E-state index is 12.7. The fraction of sp³-hybridized carbons (Fsp3) is 0.765. The van der Waals surface area contributed by atoms with Gasteiger partial charge in [0.25, 0.3) is 0 Å². The van der Waals surface area contributed by atoms with E-state index in [0.29, 0.717) is 32.0 Å². The molecule has 1 aliphatic carbocycles. The molecule has 3 heterocycles. The van der Waals surface area contributed by atoms with E-state index in [1.165, 1.54) is 0 Å². The minimum Gasteiger partial charge on any atom is -0.381 e. The second kappa shape index (κ2) is 6.74. The van der Waals surface area contributed by atoms with Crippen LogP contribution in [0.2, 0.25) is 0 Å². The number of aryl methyl sites for hydroxylation is 1. The van der Waals surface area contributed by atoms with Crippen LogP contribution < -0.4 is 5.32 Å². The van der Waals surface area contributed by atoms with Crippen LogP contribution in [0.1, 0.15) is 49.8 Å². The Morgan fingerprint density at radius 1 is 1.20 bits per heavy atom. The lowest BCUT2D eigenvalue weighted by molar-refractivity contribution is -0.134. The van der Waals surface area contributed by atoms with Crippen LogP contribution in [0.15, 0.2) is 0 Å². The first-order valence-corrected chi connectivity index (χ1v) is 9.19. The highest BCUT2D eigenvalue weighted by molar-refractivity contribution is 5.82. The largest absolute Gasteiger partial charge is 0.381 e. The van der Waals surface area contributed by atoms with E-state index in [9.17, 15) is 9.59 Å². The Balaban J connectivity index is 1.45. The molecular formula is C17H25N5O3. The first-order valence-electron chi connectivity index (χ1n) is 9.19. The Morgan fingerprint density at radius 2 is 1.96 bits per heavy atom. The molecule has 136 valence electrons. The van der Waals surface area contributed by atoms with Gasteiger partial charge in [0, 0.05) is 37.6 Å². The highest BCUT2D eigenvalue weighted by Gasteiger charge is 2.44. The maximum absolute atomic E-state index is 12.7. The summed E-state index contributed by atoms with van der Waals surface area (Å²) in [5.41, 5.74) is 0. The number of H-pyrrole nitrogens is 1. The molecule has 2 saturated heterocycles. The van der Waals surface area contributed by atoms with Gasteiger partial charge in [-0.05, 0) is 39.0 Å². The lowest BCUT2D eigenvalue weighted by Crippen LogP contribution is -2.42. The minimum atomic E-state index is -0.155. The van der Waals surface area contributed by atoms with Gasteiger partial charge in [-0.3, -0.25) is 14.7 Å². The Labute approximate surface area is 146 Å². The summed E-state index contributed by atoms with van der Waals surface area (Å²) in [5, 5.41) is 10.3. The van der Waals surface area contributed by atoms with Crippen molar-refractivity contribution in [3.8, 4) is 0 Å². The number of rotatable bonds is 4. The molecule has 0 spiro atoms. The molecule has 1 aromatic rings. The van der Waals surface area contributed by atoms with Crippen LogP contribution in [-0.2, 0) is 14.3 Å². The quantitative estimate of drug-likeness (QED) is 0.835. The Bertz CT molecular complexity index is 650. The topological polar surface area (TPSA) is 100 Å². The van der Waals surface area contributed by atoms with Crippen molar-refractivity contribution in [2.24, 2.45) is 11.8 Å². The van der Waals surface area contributed by atoms with Crippen molar-refractivity contribution < 1.29 is 14.3 Å². The number of aromatic amines is 1. The van der Waals surface area contributed by atoms with Gasteiger partial charge in [0.1, 0.15) is 5.82 Å². The molecule has 0 unspecified atom stereocenters. The SMILES string of the molecule is Cc1nc([C@@H]2C[C@H](NC(=O)C3CCOCC3)CN2C(=O)C2CC2)n[nH]1. The lowest BCUT2D eigenvalue weighted by atomic mass is 9.99. The molecule has 3 fully saturated rings. The predicted octanol–water partition coefficient (Wildman–Crippen LogP) is 0.708. The van der Waals surface area contributed by atoms with Gasteiger partial charge in [-0.1, -0.05) is 0 Å². The van der Waals surface area contributed by atoms with Crippen molar-refractivity contribution in [3.63, 3.8) is 0 Å². The highest BCUT2D eigenvalue weighted by atomic mass is 16.5. The summed E-state index contributed by atoms with van der Waals surface area (Å²) in [6.07, 6.45) is 4.15. The molecule has 0 bridgehead atoms. The smallest absolute Gasteiger partial charge is 0.226 e. The third kappa shape index (κ3) is 3.53. The summed E-state index contributed by atoms with van der Waals surface area (Å²) in [7, 11) is 0. The fourth-order valence-corrected chi connectivity index (χ4v) is 3.78. The molecule has 1 aromatic heterocycles. The fourth-order valence-electron chi connectivity index (χ4n) is 3.78. The number of ether oxygens (including phenoxy) is 1. The highest BCUT2D eigenvalue weighted by Crippen LogP contribution is 2.38. The Hall–Kier alpha value is -1.96. The number of hydrogen-bond acceptors (Lipinski definition) is 5. The zero-order chi connectivity index (χ0) is 17.4. The summed E-state index contributed by atoms with van der Waals surface area (Å²) < 4.78 is 5.33. The Morgan fingerprint density at radius 3 is 2.60 bits per heavy atom. The minimum absolute atomic E-state index is 0.0196. The van der Waals surface area contributed by atoms with E-state index in [2.05, 4.69) is 20.5 Å². The number of nitrogens with zero attached hydrogens (tertiary/aromatic N) is 3. The average Bonchev–Trinajstić information content (AvgIpc) is 3.26. The van der Waals surface area contributed by atoms with Crippen molar-refractivity contribution in [1.82, 2.24) is 25.4 Å². The van der Waals surface area contributed by atoms with Crippen LogP contribution >= 0.6 is 0 Å². The maximum Gasteiger partial charge on any atom is 0.226 e. The van der Waals surface area contributed by atoms with Gasteiger partial charge in [0.05, 0.1) is 6.04 Å².